The van der Waals surface area contributed by atoms with Crippen molar-refractivity contribution in [3.8, 4) is 0 Å². The summed E-state index contributed by atoms with van der Waals surface area (Å²) in [5.41, 5.74) is 2.03. The van der Waals surface area contributed by atoms with E-state index in [-0.39, 0.29) is 17.9 Å². The van der Waals surface area contributed by atoms with Crippen molar-refractivity contribution in [1.29, 1.82) is 0 Å². The average Bonchev–Trinajstić information content (AvgIpc) is 3.28. The molecular formula is C22H25ClN2O6S. The molecule has 0 radical (unpaired) electrons. The lowest BCUT2D eigenvalue weighted by atomic mass is 10.1. The average molecular weight is 481 g/mol. The fourth-order valence-corrected chi connectivity index (χ4v) is 5.56. The summed E-state index contributed by atoms with van der Waals surface area (Å²) in [5.74, 6) is -1.28. The van der Waals surface area contributed by atoms with Crippen molar-refractivity contribution in [3.63, 3.8) is 0 Å². The molecule has 0 bridgehead atoms. The molecule has 2 aromatic rings. The van der Waals surface area contributed by atoms with Crippen LogP contribution in [0.2, 0.25) is 5.02 Å². The van der Waals surface area contributed by atoms with Crippen LogP contribution in [0, 0.1) is 13.8 Å². The topological polar surface area (TPSA) is 106 Å². The molecule has 2 unspecified atom stereocenters. The first kappa shape index (κ1) is 24.2. The molecule has 1 N–H and O–H groups in total. The van der Waals surface area contributed by atoms with Gasteiger partial charge in [0.15, 0.2) is 6.61 Å². The Balaban J connectivity index is 1.74. The molecule has 1 saturated heterocycles. The van der Waals surface area contributed by atoms with Gasteiger partial charge in [0.05, 0.1) is 11.0 Å². The van der Waals surface area contributed by atoms with Gasteiger partial charge in [-0.15, -0.1) is 6.58 Å². The maximum atomic E-state index is 13.0. The molecule has 10 heteroatoms. The second-order valence-electron chi connectivity index (χ2n) is 7.65. The highest BCUT2D eigenvalue weighted by molar-refractivity contribution is 7.89. The third kappa shape index (κ3) is 4.80. The number of sulfonamides is 1. The number of esters is 1. The summed E-state index contributed by atoms with van der Waals surface area (Å²) in [5, 5.41) is 10.4. The zero-order chi connectivity index (χ0) is 23.6. The highest BCUT2D eigenvalue weighted by Crippen LogP contribution is 2.28. The van der Waals surface area contributed by atoms with Crippen LogP contribution in [-0.2, 0) is 26.1 Å². The lowest BCUT2D eigenvalue weighted by Crippen LogP contribution is -2.41. The number of benzene rings is 1. The van der Waals surface area contributed by atoms with Crippen molar-refractivity contribution in [2.75, 3.05) is 13.2 Å². The van der Waals surface area contributed by atoms with Gasteiger partial charge in [-0.25, -0.2) is 8.42 Å². The monoisotopic (exact) mass is 480 g/mol. The summed E-state index contributed by atoms with van der Waals surface area (Å²) >= 11 is 5.82. The van der Waals surface area contributed by atoms with E-state index < -0.39 is 40.5 Å². The van der Waals surface area contributed by atoms with Gasteiger partial charge in [0, 0.05) is 41.5 Å². The van der Waals surface area contributed by atoms with E-state index in [0.29, 0.717) is 17.1 Å². The van der Waals surface area contributed by atoms with Crippen LogP contribution >= 0.6 is 11.6 Å². The number of aliphatic hydroxyl groups is 1. The number of carbonyl (C=O) groups is 2. The van der Waals surface area contributed by atoms with E-state index in [9.17, 15) is 23.1 Å². The van der Waals surface area contributed by atoms with Crippen LogP contribution in [0.5, 0.6) is 0 Å². The fourth-order valence-electron chi connectivity index (χ4n) is 3.81. The molecule has 0 spiro atoms. The summed E-state index contributed by atoms with van der Waals surface area (Å²) in [4.78, 5) is 25.3. The first-order valence-electron chi connectivity index (χ1n) is 9.99. The number of nitrogens with zero attached hydrogens (tertiary/aromatic N) is 2. The highest BCUT2D eigenvalue weighted by atomic mass is 35.5. The fraction of sp³-hybridized carbons (Fsp3) is 0.364. The number of aliphatic hydroxyl groups excluding tert-OH is 1. The second-order valence-corrected chi connectivity index (χ2v) is 9.98. The standard InChI is InChI=1S/C22H25ClN2O6S/c1-4-9-24-14(2)10-19(15(24)3)21(27)13-31-22(28)20-11-17(26)12-25(20)32(29,30)18-7-5-16(23)6-8-18/h4-8,10,17,20,26H,1,9,11-13H2,2-3H3. The number of ketones is 1. The van der Waals surface area contributed by atoms with Gasteiger partial charge in [0.25, 0.3) is 0 Å². The Labute approximate surface area is 192 Å². The predicted molar refractivity (Wildman–Crippen MR) is 119 cm³/mol. The molecule has 32 heavy (non-hydrogen) atoms. The van der Waals surface area contributed by atoms with Gasteiger partial charge in [-0.2, -0.15) is 4.31 Å². The van der Waals surface area contributed by atoms with E-state index in [1.165, 1.54) is 24.3 Å². The van der Waals surface area contributed by atoms with Crippen molar-refractivity contribution in [3.05, 3.63) is 65.0 Å². The van der Waals surface area contributed by atoms with E-state index in [2.05, 4.69) is 6.58 Å². The second kappa shape index (κ2) is 9.58. The third-order valence-electron chi connectivity index (χ3n) is 5.46. The molecule has 0 amide bonds. The molecule has 1 aliphatic heterocycles. The summed E-state index contributed by atoms with van der Waals surface area (Å²) in [6, 6.07) is 5.99. The molecule has 1 aliphatic rings. The van der Waals surface area contributed by atoms with E-state index in [1.54, 1.807) is 19.1 Å². The molecule has 2 heterocycles. The minimum Gasteiger partial charge on any atom is -0.456 e. The summed E-state index contributed by atoms with van der Waals surface area (Å²) in [7, 11) is -4.07. The number of rotatable bonds is 8. The minimum absolute atomic E-state index is 0.0560. The molecule has 8 nitrogen and oxygen atoms in total. The number of halogens is 1. The maximum Gasteiger partial charge on any atom is 0.325 e. The first-order valence-corrected chi connectivity index (χ1v) is 11.8. The summed E-state index contributed by atoms with van der Waals surface area (Å²) < 4.78 is 34.0. The van der Waals surface area contributed by atoms with Gasteiger partial charge in [0.2, 0.25) is 15.8 Å². The van der Waals surface area contributed by atoms with Gasteiger partial charge < -0.3 is 14.4 Å². The SMILES string of the molecule is C=CCn1c(C)cc(C(=O)COC(=O)C2CC(O)CN2S(=O)(=O)c2ccc(Cl)cc2)c1C. The number of aryl methyl sites for hydroxylation is 1. The molecule has 2 atom stereocenters. The first-order chi connectivity index (χ1) is 15.1. The number of aromatic nitrogens is 1. The zero-order valence-electron chi connectivity index (χ0n) is 17.8. The number of Topliss-reactive ketones (excluding diaryl/α,β-unsaturated/α-hetero) is 1. The van der Waals surface area contributed by atoms with Gasteiger partial charge in [0.1, 0.15) is 6.04 Å². The molecule has 0 aliphatic carbocycles. The molecule has 3 rings (SSSR count). The van der Waals surface area contributed by atoms with E-state index >= 15 is 0 Å². The quantitative estimate of drug-likeness (QED) is 0.353. The van der Waals surface area contributed by atoms with E-state index in [0.717, 1.165) is 15.7 Å². The normalized spacial score (nSPS) is 19.1. The van der Waals surface area contributed by atoms with Crippen molar-refractivity contribution in [2.45, 2.75) is 43.9 Å². The van der Waals surface area contributed by atoms with Crippen molar-refractivity contribution in [2.24, 2.45) is 0 Å². The number of allylic oxidation sites excluding steroid dienone is 1. The molecule has 0 saturated carbocycles. The van der Waals surface area contributed by atoms with Crippen molar-refractivity contribution < 1.29 is 27.9 Å². The van der Waals surface area contributed by atoms with Crippen LogP contribution in [0.1, 0.15) is 28.2 Å². The van der Waals surface area contributed by atoms with E-state index in [1.807, 2.05) is 11.5 Å². The van der Waals surface area contributed by atoms with Crippen molar-refractivity contribution >= 4 is 33.4 Å². The van der Waals surface area contributed by atoms with Crippen LogP contribution in [0.4, 0.5) is 0 Å². The maximum absolute atomic E-state index is 13.0. The number of carbonyl (C=O) groups excluding carboxylic acids is 2. The number of β-amino-alcohol motifs (C(OH)–C–C–N with tert-alkyl or cyclic N) is 1. The van der Waals surface area contributed by atoms with E-state index in [4.69, 9.17) is 16.3 Å². The number of hydrogen-bond donors (Lipinski definition) is 1. The largest absolute Gasteiger partial charge is 0.456 e. The Morgan fingerprint density at radius 3 is 2.56 bits per heavy atom. The molecule has 172 valence electrons. The lowest BCUT2D eigenvalue weighted by molar-refractivity contribution is -0.146. The molecule has 1 fully saturated rings. The summed E-state index contributed by atoms with van der Waals surface area (Å²) in [6.45, 7) is 7.12. The van der Waals surface area contributed by atoms with Crippen LogP contribution in [0.15, 0.2) is 47.9 Å². The molecular weight excluding hydrogens is 456 g/mol. The highest BCUT2D eigenvalue weighted by Gasteiger charge is 2.44. The molecule has 1 aromatic carbocycles. The van der Waals surface area contributed by atoms with Crippen LogP contribution in [0.25, 0.3) is 0 Å². The van der Waals surface area contributed by atoms with Gasteiger partial charge in [-0.1, -0.05) is 17.7 Å². The van der Waals surface area contributed by atoms with Crippen molar-refractivity contribution in [1.82, 2.24) is 8.87 Å². The van der Waals surface area contributed by atoms with Gasteiger partial charge >= 0.3 is 5.97 Å². The van der Waals surface area contributed by atoms with Crippen LogP contribution < -0.4 is 0 Å². The molecule has 1 aromatic heterocycles. The Hall–Kier alpha value is -2.46. The predicted octanol–water partition coefficient (Wildman–Crippen LogP) is 2.49. The van der Waals surface area contributed by atoms with Gasteiger partial charge in [-0.3, -0.25) is 9.59 Å². The Morgan fingerprint density at radius 1 is 1.28 bits per heavy atom. The third-order valence-corrected chi connectivity index (χ3v) is 7.60. The van der Waals surface area contributed by atoms with Crippen LogP contribution in [0.3, 0.4) is 0 Å². The van der Waals surface area contributed by atoms with Gasteiger partial charge in [-0.05, 0) is 44.2 Å². The smallest absolute Gasteiger partial charge is 0.325 e. The Bertz CT molecular complexity index is 1140. The zero-order valence-corrected chi connectivity index (χ0v) is 19.4. The van der Waals surface area contributed by atoms with Crippen LogP contribution in [-0.4, -0.2) is 59.4 Å². The number of hydrogen-bond acceptors (Lipinski definition) is 6. The Morgan fingerprint density at radius 2 is 1.94 bits per heavy atom. The number of ether oxygens (including phenoxy) is 1. The minimum atomic E-state index is -4.07. The lowest BCUT2D eigenvalue weighted by Gasteiger charge is -2.22. The Kier molecular flexibility index (Phi) is 7.24. The summed E-state index contributed by atoms with van der Waals surface area (Å²) in [6.07, 6.45) is 0.575.